The molecular weight excluding hydrogens is 316 g/mol. The van der Waals surface area contributed by atoms with Crippen LogP contribution < -0.4 is 5.32 Å². The van der Waals surface area contributed by atoms with Gasteiger partial charge in [0, 0.05) is 12.6 Å². The number of esters is 1. The first-order chi connectivity index (χ1) is 12.0. The van der Waals surface area contributed by atoms with E-state index in [1.54, 1.807) is 18.3 Å². The number of methoxy groups -OCH3 is 1. The van der Waals surface area contributed by atoms with E-state index >= 15 is 0 Å². The lowest BCUT2D eigenvalue weighted by molar-refractivity contribution is -0.129. The Balaban J connectivity index is 1.35. The van der Waals surface area contributed by atoms with E-state index in [0.29, 0.717) is 24.2 Å². The summed E-state index contributed by atoms with van der Waals surface area (Å²) in [5, 5.41) is 3.00. The molecule has 4 fully saturated rings. The number of amides is 1. The largest absolute Gasteiger partial charge is 0.465 e. The van der Waals surface area contributed by atoms with Gasteiger partial charge in [-0.1, -0.05) is 0 Å². The van der Waals surface area contributed by atoms with Crippen LogP contribution in [-0.4, -0.2) is 24.0 Å². The summed E-state index contributed by atoms with van der Waals surface area (Å²) >= 11 is 0. The van der Waals surface area contributed by atoms with E-state index in [4.69, 9.17) is 4.74 Å². The lowest BCUT2D eigenvalue weighted by Gasteiger charge is -2.56. The SMILES string of the molecule is COC(=O)c1ccnc(CNC(=O)CC23CC4CC(CC(C4)C2)C3)c1. The zero-order valence-electron chi connectivity index (χ0n) is 14.8. The molecule has 1 amide bonds. The van der Waals surface area contributed by atoms with Crippen molar-refractivity contribution < 1.29 is 14.3 Å². The van der Waals surface area contributed by atoms with Crippen molar-refractivity contribution >= 4 is 11.9 Å². The number of pyridine rings is 1. The summed E-state index contributed by atoms with van der Waals surface area (Å²) in [7, 11) is 1.36. The molecular formula is C20H26N2O3. The Bertz CT molecular complexity index is 650. The van der Waals surface area contributed by atoms with Gasteiger partial charge in [-0.2, -0.15) is 0 Å². The van der Waals surface area contributed by atoms with Gasteiger partial charge in [0.25, 0.3) is 0 Å². The average molecular weight is 342 g/mol. The maximum absolute atomic E-state index is 12.5. The van der Waals surface area contributed by atoms with Crippen molar-refractivity contribution in [3.05, 3.63) is 29.6 Å². The Morgan fingerprint density at radius 1 is 1.20 bits per heavy atom. The normalized spacial score (nSPS) is 32.4. The predicted molar refractivity (Wildman–Crippen MR) is 92.6 cm³/mol. The molecule has 0 aromatic carbocycles. The quantitative estimate of drug-likeness (QED) is 0.835. The molecule has 0 aliphatic heterocycles. The number of nitrogens with zero attached hydrogens (tertiary/aromatic N) is 1. The van der Waals surface area contributed by atoms with Gasteiger partial charge in [-0.05, 0) is 73.8 Å². The Morgan fingerprint density at radius 2 is 1.84 bits per heavy atom. The van der Waals surface area contributed by atoms with Crippen molar-refractivity contribution in [2.75, 3.05) is 7.11 Å². The summed E-state index contributed by atoms with van der Waals surface area (Å²) in [6.45, 7) is 0.357. The molecule has 0 saturated heterocycles. The van der Waals surface area contributed by atoms with Gasteiger partial charge in [0.2, 0.25) is 5.91 Å². The molecule has 4 aliphatic rings. The van der Waals surface area contributed by atoms with Gasteiger partial charge in [-0.3, -0.25) is 9.78 Å². The van der Waals surface area contributed by atoms with Crippen molar-refractivity contribution in [3.8, 4) is 0 Å². The highest BCUT2D eigenvalue weighted by Crippen LogP contribution is 2.61. The number of rotatable bonds is 5. The van der Waals surface area contributed by atoms with Gasteiger partial charge in [0.05, 0.1) is 24.9 Å². The monoisotopic (exact) mass is 342 g/mol. The Labute approximate surface area is 148 Å². The van der Waals surface area contributed by atoms with Crippen LogP contribution in [0, 0.1) is 23.2 Å². The van der Waals surface area contributed by atoms with Gasteiger partial charge in [-0.25, -0.2) is 4.79 Å². The van der Waals surface area contributed by atoms with Crippen molar-refractivity contribution in [2.45, 2.75) is 51.5 Å². The summed E-state index contributed by atoms with van der Waals surface area (Å²) in [5.74, 6) is 2.31. The van der Waals surface area contributed by atoms with Crippen LogP contribution in [-0.2, 0) is 16.1 Å². The fourth-order valence-electron chi connectivity index (χ4n) is 5.92. The van der Waals surface area contributed by atoms with Crippen LogP contribution in [0.3, 0.4) is 0 Å². The number of carbonyl (C=O) groups excluding carboxylic acids is 2. The van der Waals surface area contributed by atoms with Crippen molar-refractivity contribution in [3.63, 3.8) is 0 Å². The molecule has 5 nitrogen and oxygen atoms in total. The van der Waals surface area contributed by atoms with Crippen LogP contribution in [0.1, 0.15) is 61.0 Å². The smallest absolute Gasteiger partial charge is 0.337 e. The lowest BCUT2D eigenvalue weighted by atomic mass is 9.49. The Morgan fingerprint density at radius 3 is 2.44 bits per heavy atom. The standard InChI is InChI=1S/C20H26N2O3/c1-25-19(24)16-2-3-21-17(7-16)12-22-18(23)11-20-8-13-4-14(9-20)6-15(5-13)10-20/h2-3,7,13-15H,4-6,8-12H2,1H3,(H,22,23). The average Bonchev–Trinajstić information content (AvgIpc) is 2.58. The van der Waals surface area contributed by atoms with Crippen LogP contribution in [0.4, 0.5) is 0 Å². The molecule has 1 aromatic rings. The highest BCUT2D eigenvalue weighted by molar-refractivity contribution is 5.89. The molecule has 134 valence electrons. The van der Waals surface area contributed by atoms with Gasteiger partial charge in [0.15, 0.2) is 0 Å². The fraction of sp³-hybridized carbons (Fsp3) is 0.650. The summed E-state index contributed by atoms with van der Waals surface area (Å²) in [5.41, 5.74) is 1.39. The number of carbonyl (C=O) groups is 2. The van der Waals surface area contributed by atoms with Gasteiger partial charge in [0.1, 0.15) is 0 Å². The second-order valence-electron chi connectivity index (χ2n) is 8.40. The molecule has 4 bridgehead atoms. The predicted octanol–water partition coefficient (Wildman–Crippen LogP) is 3.09. The molecule has 0 radical (unpaired) electrons. The van der Waals surface area contributed by atoms with Crippen molar-refractivity contribution in [2.24, 2.45) is 23.2 Å². The van der Waals surface area contributed by atoms with Crippen LogP contribution in [0.2, 0.25) is 0 Å². The fourth-order valence-corrected chi connectivity index (χ4v) is 5.92. The molecule has 5 heteroatoms. The van der Waals surface area contributed by atoms with Gasteiger partial charge < -0.3 is 10.1 Å². The molecule has 4 saturated carbocycles. The van der Waals surface area contributed by atoms with Crippen LogP contribution in [0.5, 0.6) is 0 Å². The van der Waals surface area contributed by atoms with Gasteiger partial charge >= 0.3 is 5.97 Å². The minimum Gasteiger partial charge on any atom is -0.465 e. The molecule has 5 rings (SSSR count). The highest BCUT2D eigenvalue weighted by Gasteiger charge is 2.51. The third kappa shape index (κ3) is 3.42. The molecule has 0 unspecified atom stereocenters. The summed E-state index contributed by atoms with van der Waals surface area (Å²) in [4.78, 5) is 28.4. The zero-order chi connectivity index (χ0) is 17.4. The van der Waals surface area contributed by atoms with Crippen molar-refractivity contribution in [1.82, 2.24) is 10.3 Å². The van der Waals surface area contributed by atoms with E-state index in [9.17, 15) is 9.59 Å². The number of ether oxygens (including phenoxy) is 1. The van der Waals surface area contributed by atoms with Crippen LogP contribution >= 0.6 is 0 Å². The second kappa shape index (κ2) is 6.43. The molecule has 25 heavy (non-hydrogen) atoms. The van der Waals surface area contributed by atoms with Crippen LogP contribution in [0.25, 0.3) is 0 Å². The molecule has 0 atom stereocenters. The number of hydrogen-bond donors (Lipinski definition) is 1. The zero-order valence-corrected chi connectivity index (χ0v) is 14.8. The minimum atomic E-state index is -0.386. The van der Waals surface area contributed by atoms with Crippen molar-refractivity contribution in [1.29, 1.82) is 0 Å². The van der Waals surface area contributed by atoms with E-state index in [2.05, 4.69) is 10.3 Å². The van der Waals surface area contributed by atoms with Gasteiger partial charge in [-0.15, -0.1) is 0 Å². The number of aromatic nitrogens is 1. The number of hydrogen-bond acceptors (Lipinski definition) is 4. The van der Waals surface area contributed by atoms with E-state index in [0.717, 1.165) is 17.8 Å². The Kier molecular flexibility index (Phi) is 4.26. The summed E-state index contributed by atoms with van der Waals surface area (Å²) < 4.78 is 4.72. The Hall–Kier alpha value is -1.91. The first-order valence-electron chi connectivity index (χ1n) is 9.35. The molecule has 1 aromatic heterocycles. The summed E-state index contributed by atoms with van der Waals surface area (Å²) in [6.07, 6.45) is 10.1. The van der Waals surface area contributed by atoms with E-state index < -0.39 is 0 Å². The molecule has 4 aliphatic carbocycles. The highest BCUT2D eigenvalue weighted by atomic mass is 16.5. The second-order valence-corrected chi connectivity index (χ2v) is 8.40. The maximum Gasteiger partial charge on any atom is 0.337 e. The maximum atomic E-state index is 12.5. The number of nitrogens with one attached hydrogen (secondary N) is 1. The molecule has 1 heterocycles. The van der Waals surface area contributed by atoms with E-state index in [1.165, 1.54) is 45.6 Å². The first-order valence-corrected chi connectivity index (χ1v) is 9.35. The molecule has 0 spiro atoms. The first kappa shape index (κ1) is 16.6. The lowest BCUT2D eigenvalue weighted by Crippen LogP contribution is -2.47. The minimum absolute atomic E-state index is 0.118. The summed E-state index contributed by atoms with van der Waals surface area (Å²) in [6, 6.07) is 3.30. The molecule has 1 N–H and O–H groups in total. The third-order valence-electron chi connectivity index (χ3n) is 6.40. The van der Waals surface area contributed by atoms with E-state index in [-0.39, 0.29) is 17.3 Å². The third-order valence-corrected chi connectivity index (χ3v) is 6.40. The van der Waals surface area contributed by atoms with Crippen LogP contribution in [0.15, 0.2) is 18.3 Å². The van der Waals surface area contributed by atoms with E-state index in [1.807, 2.05) is 0 Å². The topological polar surface area (TPSA) is 68.3 Å².